The molecule has 0 saturated heterocycles. The van der Waals surface area contributed by atoms with E-state index in [-0.39, 0.29) is 37.9 Å². The second kappa shape index (κ2) is 33.5. The zero-order valence-electron chi connectivity index (χ0n) is 37.3. The molecule has 59 heavy (non-hydrogen) atoms. The number of unbranched alkanes of at least 4 members (excludes halogenated alkanes) is 10. The van der Waals surface area contributed by atoms with Gasteiger partial charge in [-0.15, -0.1) is 0 Å². The van der Waals surface area contributed by atoms with E-state index in [0.717, 1.165) is 96.3 Å². The van der Waals surface area contributed by atoms with Crippen LogP contribution >= 0.6 is 7.82 Å². The minimum absolute atomic E-state index is 0.0116. The summed E-state index contributed by atoms with van der Waals surface area (Å²) in [6.45, 7) is 3.93. The lowest BCUT2D eigenvalue weighted by molar-refractivity contribution is -0.870. The summed E-state index contributed by atoms with van der Waals surface area (Å²) in [7, 11) is 1.33. The van der Waals surface area contributed by atoms with Gasteiger partial charge in [0.15, 0.2) is 6.10 Å². The number of nitrogens with zero attached hydrogens (tertiary/aromatic N) is 1. The van der Waals surface area contributed by atoms with Crippen LogP contribution in [0.1, 0.15) is 149 Å². The molecule has 4 N–H and O–H groups in total. The summed E-state index contributed by atoms with van der Waals surface area (Å²) in [4.78, 5) is 35.6. The van der Waals surface area contributed by atoms with Gasteiger partial charge in [-0.25, -0.2) is 4.57 Å². The van der Waals surface area contributed by atoms with Gasteiger partial charge in [-0.1, -0.05) is 120 Å². The molecule has 0 aliphatic heterocycles. The van der Waals surface area contributed by atoms with E-state index in [4.69, 9.17) is 18.5 Å². The number of carbonyl (C=O) groups excluding carboxylic acids is 2. The fourth-order valence-corrected chi connectivity index (χ4v) is 7.63. The van der Waals surface area contributed by atoms with Crippen LogP contribution in [-0.2, 0) is 32.7 Å². The molecule has 0 aromatic rings. The van der Waals surface area contributed by atoms with Crippen LogP contribution in [0.25, 0.3) is 0 Å². The van der Waals surface area contributed by atoms with E-state index in [9.17, 15) is 34.4 Å². The van der Waals surface area contributed by atoms with Crippen molar-refractivity contribution < 1.29 is 57.4 Å². The van der Waals surface area contributed by atoms with Crippen molar-refractivity contribution in [1.82, 2.24) is 0 Å². The molecule has 0 amide bonds. The average Bonchev–Trinajstić information content (AvgIpc) is 3.44. The number of aliphatic hydroxyl groups is 3. The fraction of sp³-hybridized carbons (Fsp3) is 0.783. The predicted octanol–water partition coefficient (Wildman–Crippen LogP) is 9.07. The molecule has 7 atom stereocenters. The Hall–Kier alpha value is -2.15. The lowest BCUT2D eigenvalue weighted by atomic mass is 9.88. The quantitative estimate of drug-likeness (QED) is 0.0156. The van der Waals surface area contributed by atoms with Gasteiger partial charge in [0.2, 0.25) is 0 Å². The van der Waals surface area contributed by atoms with Gasteiger partial charge in [-0.3, -0.25) is 18.6 Å². The maximum atomic E-state index is 12.8. The van der Waals surface area contributed by atoms with Crippen LogP contribution in [0.15, 0.2) is 48.6 Å². The highest BCUT2D eigenvalue weighted by Crippen LogP contribution is 2.43. The number of hydrogen-bond acceptors (Lipinski definition) is 10. The molecule has 1 aliphatic rings. The molecule has 0 heterocycles. The summed E-state index contributed by atoms with van der Waals surface area (Å²) in [5.74, 6) is -1.26. The number of allylic oxidation sites excluding steroid dienone is 6. The Morgan fingerprint density at radius 2 is 1.39 bits per heavy atom. The molecule has 0 bridgehead atoms. The van der Waals surface area contributed by atoms with Gasteiger partial charge >= 0.3 is 19.8 Å². The molecule has 1 saturated carbocycles. The van der Waals surface area contributed by atoms with Gasteiger partial charge in [0.1, 0.15) is 19.8 Å². The maximum absolute atomic E-state index is 12.8. The third-order valence-corrected chi connectivity index (χ3v) is 11.4. The largest absolute Gasteiger partial charge is 0.472 e. The predicted molar refractivity (Wildman–Crippen MR) is 235 cm³/mol. The Morgan fingerprint density at radius 1 is 0.763 bits per heavy atom. The number of rotatable bonds is 36. The SMILES string of the molecule is CC/C=C\C/C=C\C/C=C\CCCCCCCC(=O)OC[C@H](COP(=O)(O)OCC[N+](C)(C)C)OC(=O)CCCCCC[C@@H]1[C@@H](/C=C/[C@@H](O)CCCCC)[C@H](O)C[C@@H]1O. The highest BCUT2D eigenvalue weighted by molar-refractivity contribution is 7.47. The van der Waals surface area contributed by atoms with Crippen LogP contribution in [0.5, 0.6) is 0 Å². The third-order valence-electron chi connectivity index (χ3n) is 10.4. The lowest BCUT2D eigenvalue weighted by Crippen LogP contribution is -2.37. The smallest absolute Gasteiger partial charge is 0.462 e. The Balaban J connectivity index is 2.49. The Labute approximate surface area is 357 Å². The standard InChI is InChI=1S/C46H82NO11P/c1-6-8-10-11-12-13-14-15-16-17-18-19-20-21-26-30-45(51)55-37-40(38-57-59(53,54)56-35-34-47(3,4)5)58-46(52)31-27-23-22-25-29-41-42(44(50)36-43(41)49)33-32-39(48)28-24-9-7-2/h8,10,12-13,15-16,32-33,39-44,48-50H,6-7,9,11,14,17-31,34-38H2,1-5H3/p+1/b10-8-,13-12-,16-15-,33-32+/t39-,40+,41+,42+,43-,44+/m0/s1. The van der Waals surface area contributed by atoms with Crippen molar-refractivity contribution in [3.05, 3.63) is 48.6 Å². The topological polar surface area (TPSA) is 169 Å². The number of phosphoric acid groups is 1. The van der Waals surface area contributed by atoms with E-state index in [1.165, 1.54) is 0 Å². The van der Waals surface area contributed by atoms with Gasteiger partial charge in [-0.2, -0.15) is 0 Å². The fourth-order valence-electron chi connectivity index (χ4n) is 6.89. The number of aliphatic hydroxyl groups excluding tert-OH is 3. The summed E-state index contributed by atoms with van der Waals surface area (Å²) in [5, 5.41) is 31.5. The number of quaternary nitrogens is 1. The molecule has 12 nitrogen and oxygen atoms in total. The lowest BCUT2D eigenvalue weighted by Gasteiger charge is -2.24. The molecule has 1 unspecified atom stereocenters. The molecule has 0 aromatic carbocycles. The second-order valence-corrected chi connectivity index (χ2v) is 18.5. The Morgan fingerprint density at radius 3 is 2.07 bits per heavy atom. The van der Waals surface area contributed by atoms with E-state index in [2.05, 4.69) is 50.3 Å². The number of likely N-dealkylation sites (N-methyl/N-ethyl adjacent to an activating group) is 1. The van der Waals surface area contributed by atoms with Gasteiger partial charge in [0.05, 0.1) is 46.1 Å². The van der Waals surface area contributed by atoms with E-state index < -0.39 is 50.8 Å². The van der Waals surface area contributed by atoms with Gasteiger partial charge in [0.25, 0.3) is 0 Å². The van der Waals surface area contributed by atoms with Gasteiger partial charge in [0, 0.05) is 25.2 Å². The second-order valence-electron chi connectivity index (χ2n) is 17.0. The van der Waals surface area contributed by atoms with Crippen molar-refractivity contribution in [2.24, 2.45) is 11.8 Å². The number of carbonyl (C=O) groups is 2. The summed E-state index contributed by atoms with van der Waals surface area (Å²) >= 11 is 0. The van der Waals surface area contributed by atoms with E-state index in [1.807, 2.05) is 27.2 Å². The molecular weight excluding hydrogens is 773 g/mol. The van der Waals surface area contributed by atoms with Crippen molar-refractivity contribution in [3.8, 4) is 0 Å². The van der Waals surface area contributed by atoms with Crippen molar-refractivity contribution in [2.45, 2.75) is 173 Å². The average molecular weight is 857 g/mol. The third kappa shape index (κ3) is 30.5. The van der Waals surface area contributed by atoms with Crippen molar-refractivity contribution in [1.29, 1.82) is 0 Å². The molecule has 0 spiro atoms. The molecule has 1 fully saturated rings. The maximum Gasteiger partial charge on any atom is 0.472 e. The van der Waals surface area contributed by atoms with Crippen molar-refractivity contribution in [2.75, 3.05) is 47.5 Å². The zero-order chi connectivity index (χ0) is 43.8. The molecular formula is C46H83NO11P+. The molecule has 0 aromatic heterocycles. The molecule has 0 radical (unpaired) electrons. The van der Waals surface area contributed by atoms with Gasteiger partial charge < -0.3 is 34.2 Å². The first-order chi connectivity index (χ1) is 28.2. The van der Waals surface area contributed by atoms with E-state index in [1.54, 1.807) is 6.08 Å². The Bertz CT molecular complexity index is 1260. The van der Waals surface area contributed by atoms with Gasteiger partial charge in [-0.05, 0) is 63.7 Å². The molecule has 1 aliphatic carbocycles. The van der Waals surface area contributed by atoms with Crippen LogP contribution in [0.3, 0.4) is 0 Å². The molecule has 13 heteroatoms. The minimum Gasteiger partial charge on any atom is -0.462 e. The number of hydrogen-bond donors (Lipinski definition) is 4. The first-order valence-corrected chi connectivity index (χ1v) is 24.1. The van der Waals surface area contributed by atoms with Crippen molar-refractivity contribution in [3.63, 3.8) is 0 Å². The summed E-state index contributed by atoms with van der Waals surface area (Å²) in [6, 6.07) is 0. The number of esters is 2. The molecule has 1 rings (SSSR count). The van der Waals surface area contributed by atoms with E-state index >= 15 is 0 Å². The van der Waals surface area contributed by atoms with E-state index in [0.29, 0.717) is 36.7 Å². The first kappa shape index (κ1) is 54.9. The highest BCUT2D eigenvalue weighted by atomic mass is 31.2. The van der Waals surface area contributed by atoms with Crippen LogP contribution in [0.4, 0.5) is 0 Å². The first-order valence-electron chi connectivity index (χ1n) is 22.6. The van der Waals surface area contributed by atoms with Crippen molar-refractivity contribution >= 4 is 19.8 Å². The summed E-state index contributed by atoms with van der Waals surface area (Å²) in [5.41, 5.74) is 0. The number of ether oxygens (including phenoxy) is 2. The zero-order valence-corrected chi connectivity index (χ0v) is 38.2. The number of phosphoric ester groups is 1. The monoisotopic (exact) mass is 857 g/mol. The summed E-state index contributed by atoms with van der Waals surface area (Å²) in [6.07, 6.45) is 30.8. The van der Waals surface area contributed by atoms with Crippen LogP contribution in [-0.4, -0.2) is 109 Å². The van der Waals surface area contributed by atoms with Crippen LogP contribution in [0.2, 0.25) is 0 Å². The minimum atomic E-state index is -4.44. The van der Waals surface area contributed by atoms with Crippen LogP contribution in [0, 0.1) is 11.8 Å². The molecule has 342 valence electrons. The van der Waals surface area contributed by atoms with Crippen LogP contribution < -0.4 is 0 Å². The normalized spacial score (nSPS) is 20.9. The Kier molecular flexibility index (Phi) is 31.1. The summed E-state index contributed by atoms with van der Waals surface area (Å²) < 4.78 is 34.3. The highest BCUT2D eigenvalue weighted by Gasteiger charge is 2.39.